The van der Waals surface area contributed by atoms with Gasteiger partial charge in [-0.3, -0.25) is 0 Å². The molecule has 4 atom stereocenters. The highest BCUT2D eigenvalue weighted by Gasteiger charge is 2.37. The first kappa shape index (κ1) is 22.0. The minimum Gasteiger partial charge on any atom is -0.322 e. The average Bonchev–Trinajstić information content (AvgIpc) is 2.59. The molecular formula is C22H48N2+2. The Labute approximate surface area is 153 Å². The van der Waals surface area contributed by atoms with Crippen LogP contribution in [0.3, 0.4) is 0 Å². The van der Waals surface area contributed by atoms with Crippen molar-refractivity contribution < 1.29 is 8.97 Å². The van der Waals surface area contributed by atoms with Crippen molar-refractivity contribution in [3.8, 4) is 0 Å². The molecule has 2 aliphatic heterocycles. The maximum Gasteiger partial charge on any atom is 0.0887 e. The minimum absolute atomic E-state index is 0.883. The van der Waals surface area contributed by atoms with E-state index in [9.17, 15) is 0 Å². The molecule has 0 saturated carbocycles. The molecule has 0 N–H and O–H groups in total. The predicted octanol–water partition coefficient (Wildman–Crippen LogP) is 5.32. The normalized spacial score (nSPS) is 35.0. The Hall–Kier alpha value is -0.0800. The van der Waals surface area contributed by atoms with Crippen LogP contribution in [-0.2, 0) is 0 Å². The summed E-state index contributed by atoms with van der Waals surface area (Å²) in [6.45, 7) is 27.2. The topological polar surface area (TPSA) is 0 Å². The van der Waals surface area contributed by atoms with Gasteiger partial charge in [-0.15, -0.1) is 0 Å². The van der Waals surface area contributed by atoms with Gasteiger partial charge in [0.15, 0.2) is 0 Å². The van der Waals surface area contributed by atoms with E-state index in [1.165, 1.54) is 73.9 Å². The maximum atomic E-state index is 2.44. The molecule has 2 heteroatoms. The third-order valence-electron chi connectivity index (χ3n) is 8.22. The van der Waals surface area contributed by atoms with Gasteiger partial charge >= 0.3 is 0 Å². The molecule has 2 heterocycles. The molecule has 2 nitrogen and oxygen atoms in total. The van der Waals surface area contributed by atoms with E-state index in [1.54, 1.807) is 0 Å². The fourth-order valence-corrected chi connectivity index (χ4v) is 5.61. The zero-order valence-corrected chi connectivity index (χ0v) is 18.3. The molecule has 2 fully saturated rings. The van der Waals surface area contributed by atoms with Crippen LogP contribution in [0.5, 0.6) is 0 Å². The lowest BCUT2D eigenvalue weighted by Crippen LogP contribution is -2.59. The Morgan fingerprint density at radius 2 is 1.25 bits per heavy atom. The van der Waals surface area contributed by atoms with Crippen LogP contribution in [0, 0.1) is 11.8 Å². The van der Waals surface area contributed by atoms with Gasteiger partial charge in [-0.1, -0.05) is 13.8 Å². The van der Waals surface area contributed by atoms with Crippen LogP contribution in [0.1, 0.15) is 81.1 Å². The van der Waals surface area contributed by atoms with E-state index in [1.807, 2.05) is 0 Å². The summed E-state index contributed by atoms with van der Waals surface area (Å²) >= 11 is 0. The van der Waals surface area contributed by atoms with Gasteiger partial charge in [0.05, 0.1) is 51.4 Å². The Kier molecular flexibility index (Phi) is 8.76. The fraction of sp³-hybridized carbons (Fsp3) is 1.00. The van der Waals surface area contributed by atoms with E-state index >= 15 is 0 Å². The highest BCUT2D eigenvalue weighted by atomic mass is 15.4. The molecule has 2 rings (SSSR count). The van der Waals surface area contributed by atoms with Crippen molar-refractivity contribution in [2.75, 3.05) is 39.3 Å². The second-order valence-corrected chi connectivity index (χ2v) is 8.99. The van der Waals surface area contributed by atoms with Crippen LogP contribution in [0.25, 0.3) is 0 Å². The van der Waals surface area contributed by atoms with Crippen LogP contribution < -0.4 is 0 Å². The summed E-state index contributed by atoms with van der Waals surface area (Å²) in [7, 11) is 0. The summed E-state index contributed by atoms with van der Waals surface area (Å²) in [5.74, 6) is 1.89. The maximum absolute atomic E-state index is 2.44. The molecule has 0 aromatic carbocycles. The van der Waals surface area contributed by atoms with Crippen molar-refractivity contribution in [1.82, 2.24) is 0 Å². The number of piperidine rings is 2. The average molecular weight is 341 g/mol. The van der Waals surface area contributed by atoms with Crippen LogP contribution in [0.2, 0.25) is 0 Å². The number of rotatable bonds is 4. The Morgan fingerprint density at radius 3 is 1.67 bits per heavy atom. The van der Waals surface area contributed by atoms with Gasteiger partial charge in [-0.2, -0.15) is 0 Å². The second kappa shape index (κ2) is 9.57. The molecule has 2 aliphatic rings. The van der Waals surface area contributed by atoms with Crippen LogP contribution in [0.15, 0.2) is 0 Å². The molecule has 24 heavy (non-hydrogen) atoms. The summed E-state index contributed by atoms with van der Waals surface area (Å²) < 4.78 is 2.73. The molecule has 0 spiro atoms. The summed E-state index contributed by atoms with van der Waals surface area (Å²) in [5, 5.41) is 0. The van der Waals surface area contributed by atoms with Gasteiger partial charge in [0, 0.05) is 12.3 Å². The number of likely N-dealkylation sites (tertiary alicyclic amines) is 2. The monoisotopic (exact) mass is 340 g/mol. The molecular weight excluding hydrogens is 292 g/mol. The number of hydrogen-bond acceptors (Lipinski definition) is 0. The molecule has 0 aromatic rings. The number of nitrogens with zero attached hydrogens (tertiary/aromatic N) is 2. The van der Waals surface area contributed by atoms with E-state index in [0.29, 0.717) is 0 Å². The van der Waals surface area contributed by atoms with Gasteiger partial charge in [0.1, 0.15) is 0 Å². The summed E-state index contributed by atoms with van der Waals surface area (Å²) in [5.41, 5.74) is 0. The molecule has 0 aliphatic carbocycles. The fourth-order valence-electron chi connectivity index (χ4n) is 5.61. The zero-order valence-electron chi connectivity index (χ0n) is 18.3. The van der Waals surface area contributed by atoms with Crippen molar-refractivity contribution in [3.63, 3.8) is 0 Å². The first-order chi connectivity index (χ1) is 11.3. The number of hydrogen-bond donors (Lipinski definition) is 0. The summed E-state index contributed by atoms with van der Waals surface area (Å²) in [6.07, 6.45) is 5.75. The smallest absolute Gasteiger partial charge is 0.0887 e. The van der Waals surface area contributed by atoms with Crippen molar-refractivity contribution in [1.29, 1.82) is 0 Å². The van der Waals surface area contributed by atoms with Crippen molar-refractivity contribution >= 4 is 0 Å². The molecule has 0 aromatic heterocycles. The molecule has 144 valence electrons. The van der Waals surface area contributed by atoms with Gasteiger partial charge in [0.25, 0.3) is 0 Å². The van der Waals surface area contributed by atoms with Gasteiger partial charge in [-0.05, 0) is 66.7 Å². The lowest BCUT2D eigenvalue weighted by atomic mass is 9.89. The minimum atomic E-state index is 0.883. The first-order valence-corrected chi connectivity index (χ1v) is 11.0. The Balaban J connectivity index is 0.000000240. The second-order valence-electron chi connectivity index (χ2n) is 8.99. The highest BCUT2D eigenvalue weighted by molar-refractivity contribution is 4.69. The summed E-state index contributed by atoms with van der Waals surface area (Å²) in [6, 6.07) is 1.78. The quantitative estimate of drug-likeness (QED) is 0.607. The van der Waals surface area contributed by atoms with E-state index in [0.717, 1.165) is 23.9 Å². The van der Waals surface area contributed by atoms with Crippen LogP contribution >= 0.6 is 0 Å². The molecule has 0 bridgehead atoms. The third-order valence-corrected chi connectivity index (χ3v) is 8.22. The highest BCUT2D eigenvalue weighted by Crippen LogP contribution is 2.30. The van der Waals surface area contributed by atoms with Gasteiger partial charge in [0.2, 0.25) is 0 Å². The lowest BCUT2D eigenvalue weighted by molar-refractivity contribution is -0.954. The van der Waals surface area contributed by atoms with Crippen molar-refractivity contribution in [2.45, 2.75) is 93.2 Å². The third kappa shape index (κ3) is 4.75. The predicted molar refractivity (Wildman–Crippen MR) is 108 cm³/mol. The van der Waals surface area contributed by atoms with Crippen molar-refractivity contribution in [2.24, 2.45) is 11.8 Å². The van der Waals surface area contributed by atoms with Gasteiger partial charge in [-0.25, -0.2) is 0 Å². The van der Waals surface area contributed by atoms with E-state index in [4.69, 9.17) is 0 Å². The van der Waals surface area contributed by atoms with Crippen LogP contribution in [-0.4, -0.2) is 60.3 Å². The van der Waals surface area contributed by atoms with E-state index in [2.05, 4.69) is 55.4 Å². The number of quaternary nitrogens is 2. The molecule has 4 unspecified atom stereocenters. The van der Waals surface area contributed by atoms with Crippen molar-refractivity contribution in [3.05, 3.63) is 0 Å². The Morgan fingerprint density at radius 1 is 0.708 bits per heavy atom. The zero-order chi connectivity index (χ0) is 18.4. The first-order valence-electron chi connectivity index (χ1n) is 11.0. The van der Waals surface area contributed by atoms with E-state index < -0.39 is 0 Å². The van der Waals surface area contributed by atoms with Gasteiger partial charge < -0.3 is 8.97 Å². The molecule has 0 radical (unpaired) electrons. The molecule has 0 amide bonds. The standard InChI is InChI=1S/2C11H24N/c1-5-12(6-2)8-7-10(3)9-11(12)4;1-5-12(6-2)9-7-8-10(3)11(12)4/h2*10-11H,5-9H2,1-4H3/q2*+1. The summed E-state index contributed by atoms with van der Waals surface area (Å²) in [4.78, 5) is 0. The van der Waals surface area contributed by atoms with E-state index in [-0.39, 0.29) is 0 Å². The van der Waals surface area contributed by atoms with Crippen LogP contribution in [0.4, 0.5) is 0 Å². The molecule has 2 saturated heterocycles. The lowest BCUT2D eigenvalue weighted by Gasteiger charge is -2.48. The Bertz CT molecular complexity index is 344. The largest absolute Gasteiger partial charge is 0.322 e. The SMILES string of the molecule is CC[N+]1(CC)CCC(C)CC1C.CC[N+]1(CC)CCCC(C)C1C.